The van der Waals surface area contributed by atoms with Crippen molar-refractivity contribution in [1.29, 1.82) is 0 Å². The second-order valence-electron chi connectivity index (χ2n) is 10.1. The Balaban J connectivity index is 1.33. The van der Waals surface area contributed by atoms with E-state index in [2.05, 4.69) is 20.4 Å². The molecule has 1 saturated carbocycles. The van der Waals surface area contributed by atoms with Gasteiger partial charge in [-0.1, -0.05) is 42.6 Å². The molecule has 0 radical (unpaired) electrons. The summed E-state index contributed by atoms with van der Waals surface area (Å²) in [5.41, 5.74) is 6.57. The number of anilines is 1. The molecular weight excluding hydrogens is 596 g/mol. The van der Waals surface area contributed by atoms with Crippen molar-refractivity contribution in [2.45, 2.75) is 56.7 Å². The number of nitrogens with zero attached hydrogens (tertiary/aromatic N) is 4. The highest BCUT2D eigenvalue weighted by Crippen LogP contribution is 2.41. The van der Waals surface area contributed by atoms with Crippen molar-refractivity contribution in [2.24, 2.45) is 11.1 Å². The highest BCUT2D eigenvalue weighted by molar-refractivity contribution is 8.00. The van der Waals surface area contributed by atoms with Gasteiger partial charge in [-0.25, -0.2) is 9.78 Å². The third kappa shape index (κ3) is 6.72. The van der Waals surface area contributed by atoms with Crippen LogP contribution in [0.15, 0.2) is 52.4 Å². The second-order valence-corrected chi connectivity index (χ2v) is 12.1. The van der Waals surface area contributed by atoms with Gasteiger partial charge in [-0.2, -0.15) is 0 Å². The number of hydrogen-bond donors (Lipinski definition) is 3. The van der Waals surface area contributed by atoms with Crippen LogP contribution < -0.4 is 11.1 Å². The Morgan fingerprint density at radius 1 is 1.23 bits per heavy atom. The first kappa shape index (κ1) is 30.2. The van der Waals surface area contributed by atoms with E-state index in [9.17, 15) is 24.4 Å². The van der Waals surface area contributed by atoms with Crippen molar-refractivity contribution >= 4 is 63.8 Å². The summed E-state index contributed by atoms with van der Waals surface area (Å²) in [5.74, 6) is -2.56. The van der Waals surface area contributed by atoms with Gasteiger partial charge in [0.1, 0.15) is 22.8 Å². The van der Waals surface area contributed by atoms with Crippen LogP contribution in [0.3, 0.4) is 0 Å². The molecule has 2 amide bonds. The molecule has 4 N–H and O–H groups in total. The van der Waals surface area contributed by atoms with E-state index in [-0.39, 0.29) is 22.4 Å². The van der Waals surface area contributed by atoms with Gasteiger partial charge in [-0.3, -0.25) is 24.3 Å². The number of nitrogen functional groups attached to an aromatic ring is 1. The minimum Gasteiger partial charge on any atom is -0.425 e. The van der Waals surface area contributed by atoms with Gasteiger partial charge in [0.15, 0.2) is 10.8 Å². The number of amides is 2. The Hall–Kier alpha value is -4.24. The van der Waals surface area contributed by atoms with Crippen molar-refractivity contribution in [3.05, 3.63) is 58.5 Å². The summed E-state index contributed by atoms with van der Waals surface area (Å²) in [6.45, 7) is 1.46. The molecule has 2 aromatic heterocycles. The zero-order chi connectivity index (χ0) is 30.5. The number of aromatic nitrogens is 2. The molecule has 3 atom stereocenters. The van der Waals surface area contributed by atoms with Crippen LogP contribution in [0, 0.1) is 5.92 Å². The second kappa shape index (κ2) is 13.4. The van der Waals surface area contributed by atoms with Crippen molar-refractivity contribution in [2.75, 3.05) is 11.5 Å². The first-order valence-corrected chi connectivity index (χ1v) is 15.6. The van der Waals surface area contributed by atoms with Crippen LogP contribution >= 0.6 is 23.1 Å². The van der Waals surface area contributed by atoms with Crippen LogP contribution in [-0.2, 0) is 28.7 Å². The number of ether oxygens (including phenoxy) is 2. The number of carbonyl (C=O) groups excluding carboxylic acids is 4. The minimum absolute atomic E-state index is 0.0109. The van der Waals surface area contributed by atoms with Crippen LogP contribution in [0.4, 0.5) is 5.13 Å². The molecule has 15 heteroatoms. The molecule has 2 fully saturated rings. The lowest BCUT2D eigenvalue weighted by Crippen LogP contribution is -2.71. The largest absolute Gasteiger partial charge is 0.425 e. The number of nitrogens with one attached hydrogen (secondary N) is 1. The molecule has 13 nitrogen and oxygen atoms in total. The fourth-order valence-corrected chi connectivity index (χ4v) is 6.95. The molecule has 5 rings (SSSR count). The normalized spacial score (nSPS) is 21.7. The molecule has 2 aliphatic heterocycles. The third-order valence-corrected chi connectivity index (χ3v) is 9.19. The molecule has 43 heavy (non-hydrogen) atoms. The van der Waals surface area contributed by atoms with E-state index in [1.54, 1.807) is 30.6 Å². The quantitative estimate of drug-likeness (QED) is 0.0928. The first-order valence-electron chi connectivity index (χ1n) is 13.7. The summed E-state index contributed by atoms with van der Waals surface area (Å²) in [6.07, 6.45) is 10.0. The number of nitrogens with two attached hydrogens (primary N) is 1. The maximum absolute atomic E-state index is 13.5. The van der Waals surface area contributed by atoms with Gasteiger partial charge in [0.05, 0.1) is 5.92 Å². The lowest BCUT2D eigenvalue weighted by molar-refractivity contribution is -0.187. The molecule has 2 aromatic rings. The number of rotatable bonds is 9. The molecule has 0 bridgehead atoms. The van der Waals surface area contributed by atoms with Crippen molar-refractivity contribution in [1.82, 2.24) is 20.2 Å². The van der Waals surface area contributed by atoms with Crippen LogP contribution in [-0.4, -0.2) is 73.0 Å². The van der Waals surface area contributed by atoms with E-state index in [1.807, 2.05) is 6.07 Å². The molecule has 226 valence electrons. The fourth-order valence-electron chi connectivity index (χ4n) is 5.08. The lowest BCUT2D eigenvalue weighted by Gasteiger charge is -2.49. The van der Waals surface area contributed by atoms with E-state index in [0.717, 1.165) is 49.0 Å². The number of allylic oxidation sites excluding steroid dienone is 1. The number of oxime groups is 1. The molecule has 3 aliphatic rings. The van der Waals surface area contributed by atoms with Crippen LogP contribution in [0.1, 0.15) is 50.3 Å². The Morgan fingerprint density at radius 2 is 2.02 bits per heavy atom. The van der Waals surface area contributed by atoms with Gasteiger partial charge in [0.25, 0.3) is 11.8 Å². The smallest absolute Gasteiger partial charge is 0.358 e. The maximum atomic E-state index is 13.5. The average molecular weight is 627 g/mol. The number of hydrogen-bond acceptors (Lipinski definition) is 13. The molecule has 1 unspecified atom stereocenters. The number of thioether (sulfide) groups is 1. The summed E-state index contributed by atoms with van der Waals surface area (Å²) < 4.78 is 11.0. The van der Waals surface area contributed by atoms with E-state index in [1.165, 1.54) is 29.0 Å². The van der Waals surface area contributed by atoms with Crippen molar-refractivity contribution in [3.63, 3.8) is 0 Å². The third-order valence-electron chi connectivity index (χ3n) is 7.21. The number of carbonyl (C=O) groups is 4. The molecule has 1 aliphatic carbocycles. The van der Waals surface area contributed by atoms with E-state index >= 15 is 0 Å². The van der Waals surface area contributed by atoms with Crippen LogP contribution in [0.25, 0.3) is 6.08 Å². The predicted molar refractivity (Wildman–Crippen MR) is 158 cm³/mol. The van der Waals surface area contributed by atoms with Gasteiger partial charge in [-0.05, 0) is 30.0 Å². The molecule has 4 heterocycles. The Labute approximate surface area is 255 Å². The van der Waals surface area contributed by atoms with Crippen LogP contribution in [0.2, 0.25) is 0 Å². The number of esters is 2. The summed E-state index contributed by atoms with van der Waals surface area (Å²) in [4.78, 5) is 61.7. The van der Waals surface area contributed by atoms with Gasteiger partial charge in [0, 0.05) is 30.5 Å². The zero-order valence-electron chi connectivity index (χ0n) is 23.2. The highest BCUT2D eigenvalue weighted by Gasteiger charge is 2.54. The van der Waals surface area contributed by atoms with Crippen molar-refractivity contribution in [3.8, 4) is 0 Å². The highest BCUT2D eigenvalue weighted by atomic mass is 32.2. The Morgan fingerprint density at radius 3 is 2.70 bits per heavy atom. The summed E-state index contributed by atoms with van der Waals surface area (Å²) >= 11 is 2.40. The maximum Gasteiger partial charge on any atom is 0.358 e. The lowest BCUT2D eigenvalue weighted by atomic mass is 9.89. The van der Waals surface area contributed by atoms with Gasteiger partial charge in [0.2, 0.25) is 6.29 Å². The Kier molecular flexibility index (Phi) is 9.40. The van der Waals surface area contributed by atoms with E-state index < -0.39 is 47.2 Å². The van der Waals surface area contributed by atoms with Gasteiger partial charge < -0.3 is 25.7 Å². The summed E-state index contributed by atoms with van der Waals surface area (Å²) in [7, 11) is 0. The molecule has 0 spiro atoms. The monoisotopic (exact) mass is 626 g/mol. The Bertz CT molecular complexity index is 1490. The number of thiazole rings is 1. The number of β-lactam (4-membered cyclic amide) rings is 1. The van der Waals surface area contributed by atoms with Crippen LogP contribution in [0.5, 0.6) is 0 Å². The minimum atomic E-state index is -1.17. The fraction of sp³-hybridized carbons (Fsp3) is 0.393. The van der Waals surface area contributed by atoms with E-state index in [0.29, 0.717) is 11.3 Å². The van der Waals surface area contributed by atoms with E-state index in [4.69, 9.17) is 15.2 Å². The number of fused-ring (bicyclic) bond motifs is 1. The predicted octanol–water partition coefficient (Wildman–Crippen LogP) is 2.68. The topological polar surface area (TPSA) is 186 Å². The summed E-state index contributed by atoms with van der Waals surface area (Å²) in [6, 6.07) is 2.59. The zero-order valence-corrected chi connectivity index (χ0v) is 24.8. The first-order chi connectivity index (χ1) is 20.8. The molecule has 0 aromatic carbocycles. The molecular formula is C28H30N6O7S2. The summed E-state index contributed by atoms with van der Waals surface area (Å²) in [5, 5.41) is 16.0. The van der Waals surface area contributed by atoms with Gasteiger partial charge >= 0.3 is 11.9 Å². The number of pyridine rings is 1. The van der Waals surface area contributed by atoms with Gasteiger partial charge in [-0.15, -0.1) is 23.1 Å². The SMILES string of the molecule is CC(OC(=O)C1=C(/C=C\c2cccnc2)CS[C@@H]2[C@H](NC(=O)C(=NO)c3csc(N)n3)C(=O)N12)OC(=O)C1CCCCC1. The average Bonchev–Trinajstić information content (AvgIpc) is 3.44. The standard InChI is InChI=1S/C28H30N6O7S2/c1-15(40-26(37)17-7-3-2-4-8-17)41-27(38)22-18(10-9-16-6-5-11-30-12-16)13-42-25-21(24(36)34(22)25)32-23(35)20(33-39)19-14-43-28(29)31-19/h5-6,9-12,14-15,17,21,25,39H,2-4,7-8,13H2,1H3,(H2,29,31)(H,32,35)/b10-9-,33-20?/t15?,21-,25-/m1/s1. The molecule has 1 saturated heterocycles. The van der Waals surface area contributed by atoms with Crippen molar-refractivity contribution < 1.29 is 33.9 Å².